The third kappa shape index (κ3) is 2.18. The van der Waals surface area contributed by atoms with Gasteiger partial charge in [0.15, 0.2) is 0 Å². The van der Waals surface area contributed by atoms with Crippen molar-refractivity contribution in [2.24, 2.45) is 0 Å². The number of nitrogens with zero attached hydrogens (tertiary/aromatic N) is 2. The fraction of sp³-hybridized carbons (Fsp3) is 0.0667. The first-order valence-electron chi connectivity index (χ1n) is 5.93. The van der Waals surface area contributed by atoms with Crippen molar-refractivity contribution in [1.29, 1.82) is 0 Å². The van der Waals surface area contributed by atoms with Crippen LogP contribution in [0, 0.1) is 5.82 Å². The van der Waals surface area contributed by atoms with Crippen LogP contribution in [0.15, 0.2) is 42.7 Å². The standard InChI is InChI=1S/C15H10ClFN2O/c1-20-13-7-10(9-2-4-11(17)5-3-9)6-12-14(13)18-8-19-15(12)16/h2-8H,1H3. The van der Waals surface area contributed by atoms with Gasteiger partial charge >= 0.3 is 0 Å². The summed E-state index contributed by atoms with van der Waals surface area (Å²) in [6, 6.07) is 9.94. The Morgan fingerprint density at radius 2 is 1.80 bits per heavy atom. The van der Waals surface area contributed by atoms with E-state index in [1.54, 1.807) is 19.2 Å². The number of rotatable bonds is 2. The molecule has 2 aromatic carbocycles. The second-order valence-corrected chi connectivity index (χ2v) is 4.60. The van der Waals surface area contributed by atoms with E-state index in [-0.39, 0.29) is 5.82 Å². The first-order chi connectivity index (χ1) is 9.69. The quantitative estimate of drug-likeness (QED) is 0.666. The lowest BCUT2D eigenvalue weighted by Gasteiger charge is -2.09. The second kappa shape index (κ2) is 5.06. The molecule has 0 saturated carbocycles. The van der Waals surface area contributed by atoms with Gasteiger partial charge in [0.05, 0.1) is 7.11 Å². The Morgan fingerprint density at radius 1 is 1.05 bits per heavy atom. The SMILES string of the molecule is COc1cc(-c2ccc(F)cc2)cc2c(Cl)ncnc12. The molecule has 3 rings (SSSR count). The molecule has 0 amide bonds. The Hall–Kier alpha value is -2.20. The maximum atomic E-state index is 13.0. The summed E-state index contributed by atoms with van der Waals surface area (Å²) in [5.74, 6) is 0.328. The van der Waals surface area contributed by atoms with Crippen molar-refractivity contribution in [2.75, 3.05) is 7.11 Å². The van der Waals surface area contributed by atoms with Gasteiger partial charge in [-0.3, -0.25) is 0 Å². The molecule has 1 heterocycles. The Labute approximate surface area is 120 Å². The van der Waals surface area contributed by atoms with Gasteiger partial charge in [-0.2, -0.15) is 0 Å². The molecule has 3 aromatic rings. The Kier molecular flexibility index (Phi) is 3.24. The fourth-order valence-electron chi connectivity index (χ4n) is 2.07. The van der Waals surface area contributed by atoms with Crippen molar-refractivity contribution >= 4 is 22.5 Å². The summed E-state index contributed by atoms with van der Waals surface area (Å²) in [6.07, 6.45) is 1.39. The minimum absolute atomic E-state index is 0.275. The molecule has 0 N–H and O–H groups in total. The zero-order chi connectivity index (χ0) is 14.1. The van der Waals surface area contributed by atoms with Crippen LogP contribution in [0.3, 0.4) is 0 Å². The maximum Gasteiger partial charge on any atom is 0.145 e. The van der Waals surface area contributed by atoms with E-state index in [9.17, 15) is 4.39 Å². The number of halogens is 2. The van der Waals surface area contributed by atoms with Crippen molar-refractivity contribution in [3.05, 3.63) is 53.7 Å². The molecular weight excluding hydrogens is 279 g/mol. The van der Waals surface area contributed by atoms with Crippen molar-refractivity contribution < 1.29 is 9.13 Å². The van der Waals surface area contributed by atoms with Gasteiger partial charge < -0.3 is 4.74 Å². The van der Waals surface area contributed by atoms with Gasteiger partial charge in [0, 0.05) is 5.39 Å². The van der Waals surface area contributed by atoms with Gasteiger partial charge in [-0.25, -0.2) is 14.4 Å². The summed E-state index contributed by atoms with van der Waals surface area (Å²) in [4.78, 5) is 8.15. The molecule has 0 fully saturated rings. The van der Waals surface area contributed by atoms with E-state index >= 15 is 0 Å². The lowest BCUT2D eigenvalue weighted by molar-refractivity contribution is 0.419. The number of methoxy groups -OCH3 is 1. The van der Waals surface area contributed by atoms with Crippen molar-refractivity contribution in [1.82, 2.24) is 9.97 Å². The predicted molar refractivity (Wildman–Crippen MR) is 76.5 cm³/mol. The molecule has 1 aromatic heterocycles. The normalized spacial score (nSPS) is 10.8. The number of fused-ring (bicyclic) bond motifs is 1. The molecule has 0 unspecified atom stereocenters. The highest BCUT2D eigenvalue weighted by atomic mass is 35.5. The average Bonchev–Trinajstić information content (AvgIpc) is 2.47. The van der Waals surface area contributed by atoms with E-state index in [1.807, 2.05) is 12.1 Å². The molecule has 0 aliphatic rings. The van der Waals surface area contributed by atoms with Gasteiger partial charge in [-0.05, 0) is 35.4 Å². The molecule has 20 heavy (non-hydrogen) atoms. The molecular formula is C15H10ClFN2O. The number of ether oxygens (including phenoxy) is 1. The summed E-state index contributed by atoms with van der Waals surface area (Å²) in [7, 11) is 1.57. The van der Waals surface area contributed by atoms with E-state index in [2.05, 4.69) is 9.97 Å². The topological polar surface area (TPSA) is 35.0 Å². The van der Waals surface area contributed by atoms with Crippen LogP contribution < -0.4 is 4.74 Å². The van der Waals surface area contributed by atoms with Gasteiger partial charge in [0.1, 0.15) is 28.6 Å². The number of aromatic nitrogens is 2. The largest absolute Gasteiger partial charge is 0.494 e. The minimum atomic E-state index is -0.275. The third-order valence-corrected chi connectivity index (χ3v) is 3.35. The molecule has 0 atom stereocenters. The molecule has 0 bridgehead atoms. The first-order valence-corrected chi connectivity index (χ1v) is 6.31. The highest BCUT2D eigenvalue weighted by Gasteiger charge is 2.10. The Bertz CT molecular complexity index is 775. The van der Waals surface area contributed by atoms with Gasteiger partial charge in [0.25, 0.3) is 0 Å². The van der Waals surface area contributed by atoms with E-state index in [4.69, 9.17) is 16.3 Å². The predicted octanol–water partition coefficient (Wildman–Crippen LogP) is 4.10. The fourth-order valence-corrected chi connectivity index (χ4v) is 2.26. The lowest BCUT2D eigenvalue weighted by atomic mass is 10.0. The summed E-state index contributed by atoms with van der Waals surface area (Å²) >= 11 is 6.10. The number of benzene rings is 2. The van der Waals surface area contributed by atoms with E-state index in [0.717, 1.165) is 11.1 Å². The van der Waals surface area contributed by atoms with Crippen LogP contribution in [-0.4, -0.2) is 17.1 Å². The Balaban J connectivity index is 2.27. The van der Waals surface area contributed by atoms with Crippen LogP contribution in [0.5, 0.6) is 5.75 Å². The van der Waals surface area contributed by atoms with Crippen LogP contribution in [0.1, 0.15) is 0 Å². The van der Waals surface area contributed by atoms with Crippen LogP contribution >= 0.6 is 11.6 Å². The summed E-state index contributed by atoms with van der Waals surface area (Å²) < 4.78 is 18.3. The zero-order valence-corrected chi connectivity index (χ0v) is 11.4. The highest BCUT2D eigenvalue weighted by Crippen LogP contribution is 2.33. The van der Waals surface area contributed by atoms with E-state index in [1.165, 1.54) is 18.5 Å². The van der Waals surface area contributed by atoms with Crippen LogP contribution in [0.4, 0.5) is 4.39 Å². The smallest absolute Gasteiger partial charge is 0.145 e. The number of hydrogen-bond acceptors (Lipinski definition) is 3. The number of hydrogen-bond donors (Lipinski definition) is 0. The van der Waals surface area contributed by atoms with Gasteiger partial charge in [-0.1, -0.05) is 23.7 Å². The zero-order valence-electron chi connectivity index (χ0n) is 10.6. The van der Waals surface area contributed by atoms with Crippen molar-refractivity contribution in [3.8, 4) is 16.9 Å². The summed E-state index contributed by atoms with van der Waals surface area (Å²) in [5.41, 5.74) is 2.39. The van der Waals surface area contributed by atoms with Crippen LogP contribution in [-0.2, 0) is 0 Å². The third-order valence-electron chi connectivity index (χ3n) is 3.05. The molecule has 0 aliphatic carbocycles. The highest BCUT2D eigenvalue weighted by molar-refractivity contribution is 6.34. The van der Waals surface area contributed by atoms with Crippen LogP contribution in [0.25, 0.3) is 22.0 Å². The summed E-state index contributed by atoms with van der Waals surface area (Å²) in [5, 5.41) is 1.06. The van der Waals surface area contributed by atoms with E-state index < -0.39 is 0 Å². The lowest BCUT2D eigenvalue weighted by Crippen LogP contribution is -1.91. The molecule has 100 valence electrons. The molecule has 0 aliphatic heterocycles. The maximum absolute atomic E-state index is 13.0. The van der Waals surface area contributed by atoms with Crippen molar-refractivity contribution in [3.63, 3.8) is 0 Å². The Morgan fingerprint density at radius 3 is 2.50 bits per heavy atom. The molecule has 0 radical (unpaired) electrons. The van der Waals surface area contributed by atoms with Crippen LogP contribution in [0.2, 0.25) is 5.15 Å². The average molecular weight is 289 g/mol. The molecule has 0 spiro atoms. The van der Waals surface area contributed by atoms with E-state index in [0.29, 0.717) is 21.8 Å². The second-order valence-electron chi connectivity index (χ2n) is 4.25. The molecule has 0 saturated heterocycles. The molecule has 3 nitrogen and oxygen atoms in total. The van der Waals surface area contributed by atoms with Gasteiger partial charge in [-0.15, -0.1) is 0 Å². The van der Waals surface area contributed by atoms with Gasteiger partial charge in [0.2, 0.25) is 0 Å². The van der Waals surface area contributed by atoms with Crippen molar-refractivity contribution in [2.45, 2.75) is 0 Å². The minimum Gasteiger partial charge on any atom is -0.494 e. The monoisotopic (exact) mass is 288 g/mol. The molecule has 5 heteroatoms. The summed E-state index contributed by atoms with van der Waals surface area (Å²) in [6.45, 7) is 0. The first kappa shape index (κ1) is 12.8.